The highest BCUT2D eigenvalue weighted by molar-refractivity contribution is 5.94. The quantitative estimate of drug-likeness (QED) is 0.825. The predicted octanol–water partition coefficient (Wildman–Crippen LogP) is 1.07. The van der Waals surface area contributed by atoms with Crippen LogP contribution in [0, 0.1) is 11.8 Å². The van der Waals surface area contributed by atoms with E-state index < -0.39 is 0 Å². The van der Waals surface area contributed by atoms with Crippen molar-refractivity contribution in [3.05, 3.63) is 35.4 Å². The Bertz CT molecular complexity index is 623. The zero-order valence-electron chi connectivity index (χ0n) is 15.6. The first-order chi connectivity index (χ1) is 12.6. The highest BCUT2D eigenvalue weighted by atomic mass is 16.2. The van der Waals surface area contributed by atoms with Gasteiger partial charge in [0.1, 0.15) is 0 Å². The summed E-state index contributed by atoms with van der Waals surface area (Å²) in [5, 5.41) is 3.03. The molecule has 1 saturated heterocycles. The van der Waals surface area contributed by atoms with E-state index in [9.17, 15) is 9.59 Å². The van der Waals surface area contributed by atoms with Gasteiger partial charge in [0, 0.05) is 44.2 Å². The Morgan fingerprint density at radius 3 is 2.46 bits per heavy atom. The van der Waals surface area contributed by atoms with Crippen LogP contribution in [0.3, 0.4) is 0 Å². The maximum atomic E-state index is 12.6. The molecule has 2 aliphatic rings. The molecule has 142 valence electrons. The second-order valence-electron chi connectivity index (χ2n) is 7.54. The van der Waals surface area contributed by atoms with Gasteiger partial charge in [-0.15, -0.1) is 0 Å². The Morgan fingerprint density at radius 1 is 1.12 bits per heavy atom. The molecule has 0 aromatic heterocycles. The average molecular weight is 358 g/mol. The molecule has 6 heteroatoms. The van der Waals surface area contributed by atoms with Gasteiger partial charge in [0.05, 0.1) is 0 Å². The molecule has 2 fully saturated rings. The predicted molar refractivity (Wildman–Crippen MR) is 102 cm³/mol. The Kier molecular flexibility index (Phi) is 6.27. The normalized spacial score (nSPS) is 23.8. The molecule has 2 amide bonds. The standard InChI is InChI=1S/C20H30N4O2/c1-23-9-11-24(12-10-23)20(26)16-7-5-15(6-8-16)14-22-19(25)18-4-2-3-17(18)13-21/h5-8,17-18H,2-4,9-14,21H2,1H3,(H,22,25)/t17-,18-/m1/s1. The molecule has 3 rings (SSSR count). The van der Waals surface area contributed by atoms with Crippen LogP contribution < -0.4 is 11.1 Å². The Labute approximate surface area is 155 Å². The monoisotopic (exact) mass is 358 g/mol. The summed E-state index contributed by atoms with van der Waals surface area (Å²) >= 11 is 0. The smallest absolute Gasteiger partial charge is 0.253 e. The molecule has 0 spiro atoms. The molecule has 2 atom stereocenters. The van der Waals surface area contributed by atoms with Crippen LogP contribution in [0.25, 0.3) is 0 Å². The summed E-state index contributed by atoms with van der Waals surface area (Å²) in [6.45, 7) is 4.46. The van der Waals surface area contributed by atoms with Crippen LogP contribution in [0.1, 0.15) is 35.2 Å². The lowest BCUT2D eigenvalue weighted by Gasteiger charge is -2.32. The number of nitrogens with two attached hydrogens (primary N) is 1. The van der Waals surface area contributed by atoms with Crippen LogP contribution in [-0.4, -0.2) is 61.4 Å². The van der Waals surface area contributed by atoms with Gasteiger partial charge >= 0.3 is 0 Å². The summed E-state index contributed by atoms with van der Waals surface area (Å²) in [4.78, 5) is 29.1. The van der Waals surface area contributed by atoms with Gasteiger partial charge in [-0.1, -0.05) is 18.6 Å². The molecule has 1 saturated carbocycles. The highest BCUT2D eigenvalue weighted by Crippen LogP contribution is 2.31. The number of carbonyl (C=O) groups excluding carboxylic acids is 2. The lowest BCUT2D eigenvalue weighted by atomic mass is 9.95. The summed E-state index contributed by atoms with van der Waals surface area (Å²) in [6, 6.07) is 7.58. The van der Waals surface area contributed by atoms with Crippen LogP contribution >= 0.6 is 0 Å². The van der Waals surface area contributed by atoms with E-state index in [0.29, 0.717) is 24.6 Å². The van der Waals surface area contributed by atoms with Crippen molar-refractivity contribution in [2.75, 3.05) is 39.8 Å². The molecule has 6 nitrogen and oxygen atoms in total. The van der Waals surface area contributed by atoms with Crippen molar-refractivity contribution in [2.45, 2.75) is 25.8 Å². The maximum absolute atomic E-state index is 12.6. The molecular weight excluding hydrogens is 328 g/mol. The van der Waals surface area contributed by atoms with E-state index in [1.54, 1.807) is 0 Å². The summed E-state index contributed by atoms with van der Waals surface area (Å²) in [7, 11) is 2.08. The molecule has 1 aromatic carbocycles. The lowest BCUT2D eigenvalue weighted by Crippen LogP contribution is -2.47. The van der Waals surface area contributed by atoms with Crippen molar-refractivity contribution < 1.29 is 9.59 Å². The zero-order chi connectivity index (χ0) is 18.5. The van der Waals surface area contributed by atoms with E-state index in [1.807, 2.05) is 29.2 Å². The molecule has 1 aromatic rings. The molecule has 1 aliphatic carbocycles. The van der Waals surface area contributed by atoms with Crippen LogP contribution in [0.4, 0.5) is 0 Å². The topological polar surface area (TPSA) is 78.7 Å². The van der Waals surface area contributed by atoms with Crippen molar-refractivity contribution in [3.63, 3.8) is 0 Å². The summed E-state index contributed by atoms with van der Waals surface area (Å²) < 4.78 is 0. The third-order valence-corrected chi connectivity index (χ3v) is 5.76. The Hall–Kier alpha value is -1.92. The van der Waals surface area contributed by atoms with Crippen molar-refractivity contribution in [1.29, 1.82) is 0 Å². The number of benzene rings is 1. The first kappa shape index (κ1) is 18.9. The SMILES string of the molecule is CN1CCN(C(=O)c2ccc(CNC(=O)[C@@H]3CCC[C@@H]3CN)cc2)CC1. The molecular formula is C20H30N4O2. The van der Waals surface area contributed by atoms with E-state index in [1.165, 1.54) is 0 Å². The van der Waals surface area contributed by atoms with E-state index in [4.69, 9.17) is 5.73 Å². The van der Waals surface area contributed by atoms with Gasteiger partial charge in [-0.05, 0) is 50.0 Å². The third-order valence-electron chi connectivity index (χ3n) is 5.76. The molecule has 1 heterocycles. The molecule has 26 heavy (non-hydrogen) atoms. The first-order valence-corrected chi connectivity index (χ1v) is 9.63. The second-order valence-corrected chi connectivity index (χ2v) is 7.54. The molecule has 1 aliphatic heterocycles. The first-order valence-electron chi connectivity index (χ1n) is 9.63. The Balaban J connectivity index is 1.51. The van der Waals surface area contributed by atoms with Crippen molar-refractivity contribution in [3.8, 4) is 0 Å². The van der Waals surface area contributed by atoms with E-state index in [0.717, 1.165) is 51.0 Å². The number of piperazine rings is 1. The van der Waals surface area contributed by atoms with E-state index in [2.05, 4.69) is 17.3 Å². The van der Waals surface area contributed by atoms with Gasteiger partial charge in [-0.3, -0.25) is 9.59 Å². The van der Waals surface area contributed by atoms with Crippen LogP contribution in [0.15, 0.2) is 24.3 Å². The second kappa shape index (κ2) is 8.64. The number of carbonyl (C=O) groups is 2. The van der Waals surface area contributed by atoms with Gasteiger partial charge in [0.25, 0.3) is 5.91 Å². The van der Waals surface area contributed by atoms with Crippen molar-refractivity contribution in [1.82, 2.24) is 15.1 Å². The maximum Gasteiger partial charge on any atom is 0.253 e. The number of hydrogen-bond donors (Lipinski definition) is 2. The minimum Gasteiger partial charge on any atom is -0.352 e. The summed E-state index contributed by atoms with van der Waals surface area (Å²) in [6.07, 6.45) is 3.08. The number of nitrogens with one attached hydrogen (secondary N) is 1. The highest BCUT2D eigenvalue weighted by Gasteiger charge is 2.31. The summed E-state index contributed by atoms with van der Waals surface area (Å²) in [5.74, 6) is 0.567. The van der Waals surface area contributed by atoms with Gasteiger partial charge in [0.15, 0.2) is 0 Å². The van der Waals surface area contributed by atoms with E-state index >= 15 is 0 Å². The minimum absolute atomic E-state index is 0.0538. The Morgan fingerprint density at radius 2 is 1.81 bits per heavy atom. The fourth-order valence-corrected chi connectivity index (χ4v) is 3.94. The zero-order valence-corrected chi connectivity index (χ0v) is 15.6. The number of likely N-dealkylation sites (N-methyl/N-ethyl adjacent to an activating group) is 1. The number of hydrogen-bond acceptors (Lipinski definition) is 4. The van der Waals surface area contributed by atoms with Crippen molar-refractivity contribution in [2.24, 2.45) is 17.6 Å². The number of rotatable bonds is 5. The van der Waals surface area contributed by atoms with Crippen molar-refractivity contribution >= 4 is 11.8 Å². The van der Waals surface area contributed by atoms with Gasteiger partial charge in [-0.2, -0.15) is 0 Å². The third kappa shape index (κ3) is 4.43. The largest absolute Gasteiger partial charge is 0.352 e. The van der Waals surface area contributed by atoms with E-state index in [-0.39, 0.29) is 17.7 Å². The molecule has 0 unspecified atom stereocenters. The van der Waals surface area contributed by atoms with Gasteiger partial charge in [0.2, 0.25) is 5.91 Å². The van der Waals surface area contributed by atoms with Crippen LogP contribution in [0.5, 0.6) is 0 Å². The van der Waals surface area contributed by atoms with Crippen LogP contribution in [-0.2, 0) is 11.3 Å². The molecule has 0 bridgehead atoms. The molecule has 3 N–H and O–H groups in total. The number of amides is 2. The summed E-state index contributed by atoms with van der Waals surface area (Å²) in [5.41, 5.74) is 7.49. The minimum atomic E-state index is 0.0538. The number of nitrogens with zero attached hydrogens (tertiary/aromatic N) is 2. The molecule has 0 radical (unpaired) electrons. The van der Waals surface area contributed by atoms with Gasteiger partial charge in [-0.25, -0.2) is 0 Å². The van der Waals surface area contributed by atoms with Crippen LogP contribution in [0.2, 0.25) is 0 Å². The fraction of sp³-hybridized carbons (Fsp3) is 0.600. The van der Waals surface area contributed by atoms with Gasteiger partial charge < -0.3 is 20.9 Å². The lowest BCUT2D eigenvalue weighted by molar-refractivity contribution is -0.126. The fourth-order valence-electron chi connectivity index (χ4n) is 3.94. The average Bonchev–Trinajstić information content (AvgIpc) is 3.15.